The molecule has 1 aliphatic carbocycles. The molecule has 0 saturated heterocycles. The molecule has 19 heavy (non-hydrogen) atoms. The maximum Gasteiger partial charge on any atom is 0.173 e. The van der Waals surface area contributed by atoms with Gasteiger partial charge in [0.15, 0.2) is 5.78 Å². The number of rotatable bonds is 3. The summed E-state index contributed by atoms with van der Waals surface area (Å²) >= 11 is 0. The third-order valence-corrected chi connectivity index (χ3v) is 4.36. The van der Waals surface area contributed by atoms with E-state index in [4.69, 9.17) is 0 Å². The molecule has 0 radical (unpaired) electrons. The average molecular weight is 250 g/mol. The van der Waals surface area contributed by atoms with Crippen LogP contribution in [0.1, 0.15) is 39.9 Å². The second kappa shape index (κ2) is 4.34. The lowest BCUT2D eigenvalue weighted by atomic mass is 9.85. The maximum absolute atomic E-state index is 12.9. The van der Waals surface area contributed by atoms with Gasteiger partial charge < -0.3 is 0 Å². The summed E-state index contributed by atoms with van der Waals surface area (Å²) in [5, 5.41) is 0. The summed E-state index contributed by atoms with van der Waals surface area (Å²) in [7, 11) is 0. The molecule has 0 aliphatic heterocycles. The number of hydrogen-bond acceptors (Lipinski definition) is 1. The first-order chi connectivity index (χ1) is 9.15. The Bertz CT molecular complexity index is 621. The molecule has 0 aromatic heterocycles. The molecular formula is C18H18O. The number of aryl methyl sites for hydroxylation is 1. The van der Waals surface area contributed by atoms with E-state index in [1.165, 1.54) is 11.1 Å². The van der Waals surface area contributed by atoms with Crippen molar-refractivity contribution in [2.45, 2.75) is 32.1 Å². The molecule has 0 atom stereocenters. The minimum atomic E-state index is -0.250. The van der Waals surface area contributed by atoms with Crippen LogP contribution in [0.25, 0.3) is 0 Å². The van der Waals surface area contributed by atoms with E-state index in [2.05, 4.69) is 25.1 Å². The first kappa shape index (κ1) is 12.2. The van der Waals surface area contributed by atoms with Crippen molar-refractivity contribution in [2.24, 2.45) is 0 Å². The van der Waals surface area contributed by atoms with Crippen molar-refractivity contribution in [2.75, 3.05) is 0 Å². The molecule has 0 bridgehead atoms. The fourth-order valence-electron chi connectivity index (χ4n) is 2.78. The Morgan fingerprint density at radius 3 is 2.26 bits per heavy atom. The first-order valence-electron chi connectivity index (χ1n) is 6.82. The van der Waals surface area contributed by atoms with Crippen LogP contribution in [0.3, 0.4) is 0 Å². The van der Waals surface area contributed by atoms with Crippen molar-refractivity contribution >= 4 is 5.78 Å². The minimum absolute atomic E-state index is 0.250. The largest absolute Gasteiger partial charge is 0.293 e. The van der Waals surface area contributed by atoms with Crippen LogP contribution in [0.15, 0.2) is 48.5 Å². The fourth-order valence-corrected chi connectivity index (χ4v) is 2.78. The van der Waals surface area contributed by atoms with E-state index in [1.54, 1.807) is 0 Å². The molecule has 2 aromatic carbocycles. The summed E-state index contributed by atoms with van der Waals surface area (Å²) in [5.41, 5.74) is 4.12. The van der Waals surface area contributed by atoms with Gasteiger partial charge in [0.2, 0.25) is 0 Å². The van der Waals surface area contributed by atoms with E-state index in [-0.39, 0.29) is 5.41 Å². The summed E-state index contributed by atoms with van der Waals surface area (Å²) in [4.78, 5) is 12.9. The van der Waals surface area contributed by atoms with E-state index in [0.717, 1.165) is 24.0 Å². The summed E-state index contributed by atoms with van der Waals surface area (Å²) in [5.74, 6) is 0.292. The standard InChI is InChI=1S/C18H18O/c1-13-7-6-10-16(14(13)2)17(19)18(11-12-18)15-8-4-3-5-9-15/h3-10H,11-12H2,1-2H3. The van der Waals surface area contributed by atoms with Gasteiger partial charge >= 0.3 is 0 Å². The molecule has 0 spiro atoms. The predicted molar refractivity (Wildman–Crippen MR) is 77.6 cm³/mol. The van der Waals surface area contributed by atoms with Crippen molar-refractivity contribution in [1.82, 2.24) is 0 Å². The second-order valence-corrected chi connectivity index (χ2v) is 5.52. The summed E-state index contributed by atoms with van der Waals surface area (Å²) in [6, 6.07) is 16.2. The number of ketones is 1. The fraction of sp³-hybridized carbons (Fsp3) is 0.278. The number of hydrogen-bond donors (Lipinski definition) is 0. The van der Waals surface area contributed by atoms with Crippen LogP contribution < -0.4 is 0 Å². The van der Waals surface area contributed by atoms with Crippen molar-refractivity contribution < 1.29 is 4.79 Å². The van der Waals surface area contributed by atoms with Gasteiger partial charge in [-0.1, -0.05) is 48.5 Å². The van der Waals surface area contributed by atoms with Crippen LogP contribution in [0.4, 0.5) is 0 Å². The number of benzene rings is 2. The van der Waals surface area contributed by atoms with Crippen LogP contribution in [0, 0.1) is 13.8 Å². The Morgan fingerprint density at radius 2 is 1.63 bits per heavy atom. The lowest BCUT2D eigenvalue weighted by Gasteiger charge is -2.16. The topological polar surface area (TPSA) is 17.1 Å². The highest BCUT2D eigenvalue weighted by Gasteiger charge is 2.51. The molecular weight excluding hydrogens is 232 g/mol. The number of carbonyl (C=O) groups excluding carboxylic acids is 1. The molecule has 1 nitrogen and oxygen atoms in total. The molecule has 1 saturated carbocycles. The van der Waals surface area contributed by atoms with E-state index >= 15 is 0 Å². The predicted octanol–water partition coefficient (Wildman–Crippen LogP) is 4.22. The Morgan fingerprint density at radius 1 is 0.947 bits per heavy atom. The Balaban J connectivity index is 2.03. The minimum Gasteiger partial charge on any atom is -0.293 e. The molecule has 0 heterocycles. The van der Waals surface area contributed by atoms with Gasteiger partial charge in [-0.2, -0.15) is 0 Å². The van der Waals surface area contributed by atoms with Gasteiger partial charge in [-0.25, -0.2) is 0 Å². The van der Waals surface area contributed by atoms with Crippen molar-refractivity contribution in [3.63, 3.8) is 0 Å². The van der Waals surface area contributed by atoms with Crippen LogP contribution in [-0.2, 0) is 5.41 Å². The van der Waals surface area contributed by atoms with Crippen molar-refractivity contribution in [1.29, 1.82) is 0 Å². The highest BCUT2D eigenvalue weighted by atomic mass is 16.1. The van der Waals surface area contributed by atoms with Gasteiger partial charge in [-0.3, -0.25) is 4.79 Å². The van der Waals surface area contributed by atoms with Crippen LogP contribution >= 0.6 is 0 Å². The average Bonchev–Trinajstić information content (AvgIpc) is 3.24. The van der Waals surface area contributed by atoms with E-state index in [9.17, 15) is 4.79 Å². The van der Waals surface area contributed by atoms with Gasteiger partial charge in [0.25, 0.3) is 0 Å². The molecule has 1 heteroatoms. The summed E-state index contributed by atoms with van der Waals surface area (Å²) < 4.78 is 0. The second-order valence-electron chi connectivity index (χ2n) is 5.52. The van der Waals surface area contributed by atoms with Gasteiger partial charge in [0.1, 0.15) is 0 Å². The third-order valence-electron chi connectivity index (χ3n) is 4.36. The van der Waals surface area contributed by atoms with Gasteiger partial charge in [-0.15, -0.1) is 0 Å². The van der Waals surface area contributed by atoms with Crippen LogP contribution in [-0.4, -0.2) is 5.78 Å². The normalized spacial score (nSPS) is 16.1. The number of Topliss-reactive ketones (excluding diaryl/α,β-unsaturated/α-hetero) is 1. The summed E-state index contributed by atoms with van der Waals surface area (Å²) in [6.45, 7) is 4.11. The molecule has 1 fully saturated rings. The van der Waals surface area contributed by atoms with Crippen molar-refractivity contribution in [3.05, 3.63) is 70.8 Å². The smallest absolute Gasteiger partial charge is 0.173 e. The molecule has 2 aromatic rings. The van der Waals surface area contributed by atoms with E-state index in [1.807, 2.05) is 37.3 Å². The Labute approximate surface area is 114 Å². The van der Waals surface area contributed by atoms with Crippen LogP contribution in [0.5, 0.6) is 0 Å². The first-order valence-corrected chi connectivity index (χ1v) is 6.82. The number of carbonyl (C=O) groups is 1. The van der Waals surface area contributed by atoms with Crippen LogP contribution in [0.2, 0.25) is 0 Å². The van der Waals surface area contributed by atoms with E-state index < -0.39 is 0 Å². The zero-order chi connectivity index (χ0) is 13.5. The zero-order valence-corrected chi connectivity index (χ0v) is 11.4. The molecule has 0 N–H and O–H groups in total. The molecule has 0 amide bonds. The molecule has 1 aliphatic rings. The Kier molecular flexibility index (Phi) is 2.78. The maximum atomic E-state index is 12.9. The third kappa shape index (κ3) is 1.90. The SMILES string of the molecule is Cc1cccc(C(=O)C2(c3ccccc3)CC2)c1C. The lowest BCUT2D eigenvalue weighted by molar-refractivity contribution is 0.0945. The van der Waals surface area contributed by atoms with Gasteiger partial charge in [0, 0.05) is 5.56 Å². The zero-order valence-electron chi connectivity index (χ0n) is 11.4. The molecule has 0 unspecified atom stereocenters. The summed E-state index contributed by atoms with van der Waals surface area (Å²) in [6.07, 6.45) is 1.95. The Hall–Kier alpha value is -1.89. The molecule has 96 valence electrons. The van der Waals surface area contributed by atoms with Gasteiger partial charge in [0.05, 0.1) is 5.41 Å². The van der Waals surface area contributed by atoms with Crippen molar-refractivity contribution in [3.8, 4) is 0 Å². The van der Waals surface area contributed by atoms with E-state index in [0.29, 0.717) is 5.78 Å². The highest BCUT2D eigenvalue weighted by molar-refractivity contribution is 6.07. The molecule has 3 rings (SSSR count). The highest BCUT2D eigenvalue weighted by Crippen LogP contribution is 2.50. The van der Waals surface area contributed by atoms with Gasteiger partial charge in [-0.05, 0) is 43.4 Å². The quantitative estimate of drug-likeness (QED) is 0.745. The monoisotopic (exact) mass is 250 g/mol. The lowest BCUT2D eigenvalue weighted by Crippen LogP contribution is -2.21.